The number of para-hydroxylation sites is 2. The van der Waals surface area contributed by atoms with E-state index in [1.165, 1.54) is 176 Å². The van der Waals surface area contributed by atoms with Crippen LogP contribution in [0.3, 0.4) is 0 Å². The largest absolute Gasteiger partial charge is 0.342 e. The lowest BCUT2D eigenvalue weighted by atomic mass is 9.33. The molecular weight excluding hydrogens is 1190 g/mol. The van der Waals surface area contributed by atoms with Gasteiger partial charge in [-0.3, -0.25) is 0 Å². The van der Waals surface area contributed by atoms with Crippen LogP contribution < -0.4 is 26.2 Å². The van der Waals surface area contributed by atoms with Crippen molar-refractivity contribution in [1.29, 1.82) is 0 Å². The van der Waals surface area contributed by atoms with Crippen molar-refractivity contribution in [3.05, 3.63) is 338 Å². The van der Waals surface area contributed by atoms with E-state index in [9.17, 15) is 0 Å². The molecule has 4 heteroatoms. The first-order valence-electron chi connectivity index (χ1n) is 35.3. The summed E-state index contributed by atoms with van der Waals surface area (Å²) >= 11 is 0. The molecule has 0 fully saturated rings. The second-order valence-electron chi connectivity index (χ2n) is 28.6. The molecule has 0 aliphatic carbocycles. The lowest BCUT2D eigenvalue weighted by Gasteiger charge is -2.45. The van der Waals surface area contributed by atoms with Gasteiger partial charge in [-0.25, -0.2) is 0 Å². The summed E-state index contributed by atoms with van der Waals surface area (Å²) < 4.78 is 2.51. The molecule has 470 valence electrons. The molecule has 1 aromatic heterocycles. The highest BCUT2D eigenvalue weighted by molar-refractivity contribution is 7.00. The van der Waals surface area contributed by atoms with E-state index in [1.54, 1.807) is 0 Å². The predicted octanol–water partition coefficient (Wildman–Crippen LogP) is 22.7. The van der Waals surface area contributed by atoms with Gasteiger partial charge in [0.15, 0.2) is 0 Å². The van der Waals surface area contributed by atoms with Gasteiger partial charge in [-0.15, -0.1) is 0 Å². The van der Waals surface area contributed by atoms with Gasteiger partial charge < -0.3 is 14.4 Å². The SMILES string of the molecule is CC(C)(C)Cc1cc2c3c(c1)N(CCc1c(-c4ccccc4)cccc1-c1ccccc1)c1cc(-n4c5ccccc5c5ccccc54)ccc1B3c1ccc(-c3ccc4c5cccc6cccc(c7cccc3c74)c65)cc1N2CCc1c(-c2ccccc2)cccc1-c1ccccc1. The Bertz CT molecular complexity index is 5790. The zero-order chi connectivity index (χ0) is 65.9. The molecule has 3 heterocycles. The number of hydrogen-bond donors (Lipinski definition) is 0. The van der Waals surface area contributed by atoms with E-state index >= 15 is 0 Å². The summed E-state index contributed by atoms with van der Waals surface area (Å²) in [6, 6.07) is 122. The Morgan fingerprint density at radius 2 is 0.717 bits per heavy atom. The Kier molecular flexibility index (Phi) is 13.9. The van der Waals surface area contributed by atoms with Crippen LogP contribution >= 0.6 is 0 Å². The van der Waals surface area contributed by atoms with E-state index in [2.05, 4.69) is 357 Å². The van der Waals surface area contributed by atoms with Crippen molar-refractivity contribution in [3.8, 4) is 61.3 Å². The first-order chi connectivity index (χ1) is 48.8. The van der Waals surface area contributed by atoms with Gasteiger partial charge in [0.2, 0.25) is 0 Å². The van der Waals surface area contributed by atoms with E-state index < -0.39 is 0 Å². The smallest absolute Gasteiger partial charge is 0.252 e. The number of rotatable bonds is 13. The van der Waals surface area contributed by atoms with Gasteiger partial charge in [0.05, 0.1) is 11.0 Å². The average Bonchev–Trinajstić information content (AvgIpc) is 1.24. The first-order valence-corrected chi connectivity index (χ1v) is 35.3. The van der Waals surface area contributed by atoms with Crippen molar-refractivity contribution in [2.24, 2.45) is 5.41 Å². The second kappa shape index (κ2) is 23.5. The van der Waals surface area contributed by atoms with E-state index in [1.807, 2.05) is 0 Å². The third kappa shape index (κ3) is 9.79. The highest BCUT2D eigenvalue weighted by Gasteiger charge is 2.44. The van der Waals surface area contributed by atoms with Crippen molar-refractivity contribution in [3.63, 3.8) is 0 Å². The molecule has 0 radical (unpaired) electrons. The molecule has 0 saturated carbocycles. The van der Waals surface area contributed by atoms with Crippen LogP contribution in [0.4, 0.5) is 22.7 Å². The molecule has 2 aliphatic heterocycles. The maximum absolute atomic E-state index is 2.77. The zero-order valence-electron chi connectivity index (χ0n) is 56.1. The number of benzene rings is 16. The third-order valence-corrected chi connectivity index (χ3v) is 21.6. The van der Waals surface area contributed by atoms with Gasteiger partial charge in [0.25, 0.3) is 6.71 Å². The maximum atomic E-state index is 2.77. The van der Waals surface area contributed by atoms with E-state index in [0.717, 1.165) is 38.0 Å². The van der Waals surface area contributed by atoms with Crippen LogP contribution in [0.5, 0.6) is 0 Å². The van der Waals surface area contributed by atoms with Crippen LogP contribution in [0.1, 0.15) is 37.5 Å². The fourth-order valence-electron chi connectivity index (χ4n) is 17.5. The van der Waals surface area contributed by atoms with Crippen LogP contribution in [0.15, 0.2) is 322 Å². The molecule has 16 aromatic carbocycles. The van der Waals surface area contributed by atoms with Gasteiger partial charge in [0.1, 0.15) is 0 Å². The third-order valence-electron chi connectivity index (χ3n) is 21.6. The molecule has 2 aliphatic rings. The Morgan fingerprint density at radius 3 is 1.22 bits per heavy atom. The normalized spacial score (nSPS) is 12.7. The van der Waals surface area contributed by atoms with Gasteiger partial charge in [-0.1, -0.05) is 300 Å². The summed E-state index contributed by atoms with van der Waals surface area (Å²) in [6.07, 6.45) is 2.51. The average molecular weight is 1270 g/mol. The number of fused-ring (bicyclic) bond motifs is 9. The highest BCUT2D eigenvalue weighted by atomic mass is 15.2. The quantitative estimate of drug-likeness (QED) is 0.0648. The van der Waals surface area contributed by atoms with Crippen LogP contribution in [0.25, 0.3) is 126 Å². The van der Waals surface area contributed by atoms with Gasteiger partial charge in [-0.2, -0.15) is 0 Å². The summed E-state index contributed by atoms with van der Waals surface area (Å²) in [6.45, 7) is 8.61. The molecule has 99 heavy (non-hydrogen) atoms. The standard InChI is InChI=1S/C95H72BN3/c1-95(2,3)61-62-57-90-94-91(58-62)98(56-54-76-72(65-29-12-6-13-30-65)39-23-40-73(76)66-31-14-7-15-32-66)89-60-69(99-86-45-18-16-35-77(86)78-36-17-19-46-87(78)99)48-52-85(89)96(94)84-51-47-68(74-49-50-83-81-42-21-34-67-33-20-41-80(92(67)81)82-44-24-43-79(74)93(82)83)59-88(84)97(90)55-53-75-70(63-25-8-4-9-26-63)37-22-38-71(75)64-27-10-5-11-28-64/h4-52,57-60H,53-56,61H2,1-3H3. The molecule has 0 amide bonds. The van der Waals surface area contributed by atoms with E-state index in [-0.39, 0.29) is 12.1 Å². The van der Waals surface area contributed by atoms with Crippen LogP contribution in [-0.2, 0) is 19.3 Å². The van der Waals surface area contributed by atoms with Crippen LogP contribution in [0, 0.1) is 5.41 Å². The number of nitrogens with zero attached hydrogens (tertiary/aromatic N) is 3. The molecule has 17 aromatic rings. The Hall–Kier alpha value is -11.7. The van der Waals surface area contributed by atoms with Crippen molar-refractivity contribution < 1.29 is 0 Å². The minimum atomic E-state index is -0.0845. The molecule has 3 nitrogen and oxygen atoms in total. The first kappa shape index (κ1) is 58.6. The van der Waals surface area contributed by atoms with E-state index in [4.69, 9.17) is 0 Å². The number of anilines is 4. The van der Waals surface area contributed by atoms with Crippen molar-refractivity contribution in [1.82, 2.24) is 4.57 Å². The minimum Gasteiger partial charge on any atom is -0.342 e. The summed E-state index contributed by atoms with van der Waals surface area (Å²) in [7, 11) is 0. The Morgan fingerprint density at radius 1 is 0.303 bits per heavy atom. The van der Waals surface area contributed by atoms with Crippen molar-refractivity contribution in [2.75, 3.05) is 22.9 Å². The molecule has 0 spiro atoms. The summed E-state index contributed by atoms with van der Waals surface area (Å²) in [5, 5.41) is 13.0. The van der Waals surface area contributed by atoms with Crippen LogP contribution in [0.2, 0.25) is 0 Å². The summed E-state index contributed by atoms with van der Waals surface area (Å²) in [5.74, 6) is 0. The number of aromatic nitrogens is 1. The summed E-state index contributed by atoms with van der Waals surface area (Å²) in [4.78, 5) is 5.53. The van der Waals surface area contributed by atoms with Crippen molar-refractivity contribution in [2.45, 2.75) is 40.0 Å². The predicted molar refractivity (Wildman–Crippen MR) is 424 cm³/mol. The topological polar surface area (TPSA) is 11.4 Å². The van der Waals surface area contributed by atoms with Gasteiger partial charge in [0, 0.05) is 52.3 Å². The molecule has 19 rings (SSSR count). The molecule has 0 unspecified atom stereocenters. The Labute approximate surface area is 579 Å². The van der Waals surface area contributed by atoms with Gasteiger partial charge >= 0.3 is 0 Å². The molecule has 0 atom stereocenters. The lowest BCUT2D eigenvalue weighted by molar-refractivity contribution is 0.411. The maximum Gasteiger partial charge on any atom is 0.252 e. The zero-order valence-corrected chi connectivity index (χ0v) is 56.1. The molecule has 0 saturated heterocycles. The fraction of sp³-hybridized carbons (Fsp3) is 0.0947. The van der Waals surface area contributed by atoms with Gasteiger partial charge in [-0.05, 0) is 199 Å². The fourth-order valence-corrected chi connectivity index (χ4v) is 17.5. The summed E-state index contributed by atoms with van der Waals surface area (Å²) in [5.41, 5.74) is 29.2. The molecular formula is C95H72BN3. The lowest BCUT2D eigenvalue weighted by Crippen LogP contribution is -2.62. The molecule has 0 N–H and O–H groups in total. The van der Waals surface area contributed by atoms with Crippen LogP contribution in [-0.4, -0.2) is 24.4 Å². The minimum absolute atomic E-state index is 0.00878. The second-order valence-corrected chi connectivity index (χ2v) is 28.6. The molecule has 0 bridgehead atoms. The highest BCUT2D eigenvalue weighted by Crippen LogP contribution is 2.47. The Balaban J connectivity index is 0.866. The monoisotopic (exact) mass is 1270 g/mol. The number of hydrogen-bond acceptors (Lipinski definition) is 2. The van der Waals surface area contributed by atoms with E-state index in [0.29, 0.717) is 0 Å². The van der Waals surface area contributed by atoms with Crippen molar-refractivity contribution >= 4 is 111 Å².